The third-order valence-electron chi connectivity index (χ3n) is 12.5. The van der Waals surface area contributed by atoms with Gasteiger partial charge in [0, 0.05) is 44.8 Å². The van der Waals surface area contributed by atoms with Gasteiger partial charge in [-0.2, -0.15) is 0 Å². The van der Waals surface area contributed by atoms with Crippen LogP contribution >= 0.6 is 0 Å². The summed E-state index contributed by atoms with van der Waals surface area (Å²) in [5.41, 5.74) is -4.90. The summed E-state index contributed by atoms with van der Waals surface area (Å²) in [6.07, 6.45) is -3.02. The average molecular weight is 717 g/mol. The molecular formula is C38H52O13. The van der Waals surface area contributed by atoms with Crippen LogP contribution in [0.1, 0.15) is 95.9 Å². The molecule has 5 fully saturated rings. The fourth-order valence-electron chi connectivity index (χ4n) is 10.5. The Balaban J connectivity index is 1.96. The van der Waals surface area contributed by atoms with Crippen molar-refractivity contribution >= 4 is 35.8 Å². The minimum atomic E-state index is -1.81. The fraction of sp³-hybridized carbons (Fsp3) is 0.737. The fourth-order valence-corrected chi connectivity index (χ4v) is 10.5. The Morgan fingerprint density at radius 1 is 0.706 bits per heavy atom. The van der Waals surface area contributed by atoms with Gasteiger partial charge in [-0.15, -0.1) is 0 Å². The second-order valence-corrected chi connectivity index (χ2v) is 15.9. The number of fused-ring (bicyclic) bond motifs is 2. The van der Waals surface area contributed by atoms with Crippen LogP contribution in [0.3, 0.4) is 0 Å². The summed E-state index contributed by atoms with van der Waals surface area (Å²) in [5.74, 6) is -6.99. The van der Waals surface area contributed by atoms with Gasteiger partial charge in [0.15, 0.2) is 11.7 Å². The Labute approximate surface area is 299 Å². The highest BCUT2D eigenvalue weighted by molar-refractivity contribution is 5.88. The predicted molar refractivity (Wildman–Crippen MR) is 178 cm³/mol. The molecule has 0 aromatic carbocycles. The van der Waals surface area contributed by atoms with E-state index in [-0.39, 0.29) is 30.3 Å². The van der Waals surface area contributed by atoms with Crippen molar-refractivity contribution in [1.29, 1.82) is 0 Å². The minimum Gasteiger partial charge on any atom is -0.462 e. The van der Waals surface area contributed by atoms with Crippen molar-refractivity contribution in [2.45, 2.75) is 138 Å². The number of carbonyl (C=O) groups excluding carboxylic acids is 6. The largest absolute Gasteiger partial charge is 0.462 e. The molecule has 0 unspecified atom stereocenters. The zero-order valence-corrected chi connectivity index (χ0v) is 31.6. The van der Waals surface area contributed by atoms with Crippen LogP contribution in [0.2, 0.25) is 0 Å². The Hall–Kier alpha value is -3.74. The Kier molecular flexibility index (Phi) is 9.84. The van der Waals surface area contributed by atoms with Crippen LogP contribution < -0.4 is 0 Å². The molecule has 2 bridgehead atoms. The number of carbonyl (C=O) groups is 6. The van der Waals surface area contributed by atoms with Gasteiger partial charge in [-0.05, 0) is 70.6 Å². The molecule has 13 heteroatoms. The van der Waals surface area contributed by atoms with Gasteiger partial charge in [0.2, 0.25) is 6.29 Å². The Morgan fingerprint density at radius 2 is 1.25 bits per heavy atom. The summed E-state index contributed by atoms with van der Waals surface area (Å²) in [5, 5.41) is 0. The van der Waals surface area contributed by atoms with Crippen LogP contribution in [-0.4, -0.2) is 77.7 Å². The molecule has 0 aromatic rings. The predicted octanol–water partition coefficient (Wildman–Crippen LogP) is 4.53. The number of esters is 6. The van der Waals surface area contributed by atoms with Crippen LogP contribution in [0.5, 0.6) is 0 Å². The molecule has 282 valence electrons. The number of rotatable bonds is 8. The van der Waals surface area contributed by atoms with Crippen molar-refractivity contribution in [2.24, 2.45) is 40.4 Å². The highest BCUT2D eigenvalue weighted by atomic mass is 16.7. The molecule has 5 rings (SSSR count). The summed E-state index contributed by atoms with van der Waals surface area (Å²) >= 11 is 0. The van der Waals surface area contributed by atoms with Crippen LogP contribution in [0.15, 0.2) is 23.3 Å². The number of hydrogen-bond acceptors (Lipinski definition) is 13. The Bertz CT molecular complexity index is 1580. The van der Waals surface area contributed by atoms with E-state index in [2.05, 4.69) is 13.8 Å². The van der Waals surface area contributed by atoms with Gasteiger partial charge in [0.1, 0.15) is 29.3 Å². The van der Waals surface area contributed by atoms with Gasteiger partial charge in [0.05, 0.1) is 5.92 Å². The van der Waals surface area contributed by atoms with Crippen molar-refractivity contribution in [2.75, 3.05) is 0 Å². The first-order valence-electron chi connectivity index (χ1n) is 17.7. The van der Waals surface area contributed by atoms with E-state index >= 15 is 0 Å². The second-order valence-electron chi connectivity index (χ2n) is 15.9. The molecule has 0 spiro atoms. The topological polar surface area (TPSA) is 167 Å². The molecule has 1 heterocycles. The molecule has 51 heavy (non-hydrogen) atoms. The van der Waals surface area contributed by atoms with Gasteiger partial charge in [-0.25, -0.2) is 9.59 Å². The highest BCUT2D eigenvalue weighted by Gasteiger charge is 2.89. The number of hydrogen-bond donors (Lipinski definition) is 0. The van der Waals surface area contributed by atoms with Crippen LogP contribution in [-0.2, 0) is 61.9 Å². The zero-order chi connectivity index (χ0) is 38.2. The lowest BCUT2D eigenvalue weighted by Crippen LogP contribution is -2.66. The molecule has 13 atom stereocenters. The standard InChI is InChI=1S/C38H52O13/c1-13-17(3)31(43)48-25-15-24-26(35(24,10)11)29-36(12)33(49-32(44)18(4)14-2)37(50-23(9)42)16-19(5)28(45-20(6)39)27(37)30(46-21(7)40)38(25,29)34(51-36)47-22(8)41/h13-14,19,24-30,33-34H,15-16H2,1-12H3/b17-13+,18-14+/t19-,24-,25+,26-,27+,28-,29-,30+,33+,34-,36+,37+,38-/m0/s1. The number of allylic oxidation sites excluding steroid dienone is 2. The van der Waals surface area contributed by atoms with E-state index in [9.17, 15) is 28.8 Å². The third-order valence-corrected chi connectivity index (χ3v) is 12.5. The second kappa shape index (κ2) is 13.0. The van der Waals surface area contributed by atoms with E-state index in [1.54, 1.807) is 53.7 Å². The first-order chi connectivity index (χ1) is 23.6. The van der Waals surface area contributed by atoms with Gasteiger partial charge in [-0.1, -0.05) is 32.9 Å². The summed E-state index contributed by atoms with van der Waals surface area (Å²) in [7, 11) is 0. The van der Waals surface area contributed by atoms with Crippen molar-refractivity contribution in [3.8, 4) is 0 Å². The van der Waals surface area contributed by atoms with Crippen molar-refractivity contribution in [3.63, 3.8) is 0 Å². The van der Waals surface area contributed by atoms with Crippen molar-refractivity contribution < 1.29 is 61.9 Å². The number of ether oxygens (including phenoxy) is 7. The molecule has 4 aliphatic carbocycles. The molecule has 0 aromatic heterocycles. The Morgan fingerprint density at radius 3 is 1.76 bits per heavy atom. The van der Waals surface area contributed by atoms with E-state index in [0.717, 1.165) is 0 Å². The maximum absolute atomic E-state index is 13.9. The van der Waals surface area contributed by atoms with E-state index < -0.39 is 106 Å². The summed E-state index contributed by atoms with van der Waals surface area (Å²) in [6, 6.07) is 0. The smallest absolute Gasteiger partial charge is 0.333 e. The molecule has 1 aliphatic heterocycles. The van der Waals surface area contributed by atoms with Gasteiger partial charge in [0.25, 0.3) is 0 Å². The molecule has 0 radical (unpaired) electrons. The first kappa shape index (κ1) is 38.5. The van der Waals surface area contributed by atoms with Gasteiger partial charge < -0.3 is 33.2 Å². The van der Waals surface area contributed by atoms with Crippen molar-refractivity contribution in [3.05, 3.63) is 23.3 Å². The third kappa shape index (κ3) is 5.78. The summed E-state index contributed by atoms with van der Waals surface area (Å²) < 4.78 is 44.8. The first-order valence-corrected chi connectivity index (χ1v) is 17.7. The molecule has 4 saturated carbocycles. The zero-order valence-electron chi connectivity index (χ0n) is 31.6. The van der Waals surface area contributed by atoms with E-state index in [0.29, 0.717) is 5.57 Å². The van der Waals surface area contributed by atoms with Crippen LogP contribution in [0, 0.1) is 40.4 Å². The molecule has 0 N–H and O–H groups in total. The van der Waals surface area contributed by atoms with E-state index in [1.807, 2.05) is 0 Å². The maximum atomic E-state index is 13.9. The molecule has 5 aliphatic rings. The lowest BCUT2D eigenvalue weighted by atomic mass is 9.56. The maximum Gasteiger partial charge on any atom is 0.333 e. The van der Waals surface area contributed by atoms with E-state index in [4.69, 9.17) is 33.2 Å². The van der Waals surface area contributed by atoms with Crippen LogP contribution in [0.25, 0.3) is 0 Å². The normalized spacial score (nSPS) is 41.8. The highest BCUT2D eigenvalue weighted by Crippen LogP contribution is 2.80. The lowest BCUT2D eigenvalue weighted by Gasteiger charge is -2.52. The lowest BCUT2D eigenvalue weighted by molar-refractivity contribution is -0.292. The molecule has 0 amide bonds. The van der Waals surface area contributed by atoms with Gasteiger partial charge in [-0.3, -0.25) is 19.2 Å². The van der Waals surface area contributed by atoms with Crippen molar-refractivity contribution in [1.82, 2.24) is 0 Å². The molecule has 1 saturated heterocycles. The SMILES string of the molecule is C/C=C(\C)C(=O)O[C@@H]1[C@]2(C)O[C@H](OC(C)=O)[C@@]3([C@H](OC(C)=O)[C@H]4[C@@H](OC(C)=O)[C@@H](C)C[C@@]41OC(C)=O)[C@H](OC(=O)/C(C)=C/C)C[C@H]1[C@@H]([C@@H]23)C1(C)C. The monoisotopic (exact) mass is 716 g/mol. The summed E-state index contributed by atoms with van der Waals surface area (Å²) in [4.78, 5) is 80.2. The van der Waals surface area contributed by atoms with E-state index in [1.165, 1.54) is 27.7 Å². The average Bonchev–Trinajstić information content (AvgIpc) is 3.31. The quantitative estimate of drug-likeness (QED) is 0.195. The molecule has 13 nitrogen and oxygen atoms in total. The van der Waals surface area contributed by atoms with Crippen LogP contribution in [0.4, 0.5) is 0 Å². The van der Waals surface area contributed by atoms with Gasteiger partial charge >= 0.3 is 35.8 Å². The minimum absolute atomic E-state index is 0.0133. The molecular weight excluding hydrogens is 664 g/mol. The summed E-state index contributed by atoms with van der Waals surface area (Å²) in [6.45, 7) is 19.1.